The minimum Gasteiger partial charge on any atom is -0.308 e. The molecule has 1 aliphatic carbocycles. The van der Waals surface area contributed by atoms with E-state index in [9.17, 15) is 32.5 Å². The van der Waals surface area contributed by atoms with E-state index >= 15 is 0 Å². The normalized spacial score (nSPS) is 16.4. The van der Waals surface area contributed by atoms with Crippen LogP contribution in [0.1, 0.15) is 49.3 Å². The van der Waals surface area contributed by atoms with Gasteiger partial charge in [-0.25, -0.2) is 27.3 Å². The summed E-state index contributed by atoms with van der Waals surface area (Å²) < 4.78 is 37.1. The second kappa shape index (κ2) is 10.7. The summed E-state index contributed by atoms with van der Waals surface area (Å²) in [5, 5.41) is 14.6. The summed E-state index contributed by atoms with van der Waals surface area (Å²) in [7, 11) is 1.38. The predicted molar refractivity (Wildman–Crippen MR) is 154 cm³/mol. The Morgan fingerprint density at radius 3 is 2.38 bits per heavy atom. The molecule has 2 fully saturated rings. The Morgan fingerprint density at radius 1 is 1.07 bits per heavy atom. The van der Waals surface area contributed by atoms with E-state index in [1.165, 1.54) is 41.3 Å². The van der Waals surface area contributed by atoms with Gasteiger partial charge in [-0.2, -0.15) is 5.26 Å². The number of nitrogens with one attached hydrogen (secondary N) is 2. The van der Waals surface area contributed by atoms with Crippen molar-refractivity contribution in [2.45, 2.75) is 49.6 Å². The predicted octanol–water partition coefficient (Wildman–Crippen LogP) is 5.89. The Kier molecular flexibility index (Phi) is 7.42. The summed E-state index contributed by atoms with van der Waals surface area (Å²) in [6, 6.07) is 14.5. The van der Waals surface area contributed by atoms with Gasteiger partial charge in [-0.1, -0.05) is 6.07 Å². The average Bonchev–Trinajstić information content (AvgIpc) is 3.75. The highest BCUT2D eigenvalue weighted by Gasteiger charge is 2.52. The molecular weight excluding hydrogens is 585 g/mol. The molecule has 42 heavy (non-hydrogen) atoms. The smallest absolute Gasteiger partial charge is 0.308 e. The fourth-order valence-electron chi connectivity index (χ4n) is 4.81. The monoisotopic (exact) mass is 609 g/mol. The van der Waals surface area contributed by atoms with Crippen LogP contribution in [0.5, 0.6) is 0 Å². The maximum atomic E-state index is 14.2. The van der Waals surface area contributed by atoms with Crippen molar-refractivity contribution in [1.82, 2.24) is 4.90 Å². The SMILES string of the molecule is CC1(C)C(=O)N(c2ccc(C#N)c(C3CC3)c2)C(=O)N1Cc1ccc(F)cc1NC(=O)Nc1ccc(S(=O)(=O)Cl)cc1. The molecular formula is C29H25ClFN5O5S. The number of imide groups is 1. The average molecular weight is 610 g/mol. The Hall–Kier alpha value is -4.47. The van der Waals surface area contributed by atoms with Gasteiger partial charge in [-0.15, -0.1) is 0 Å². The van der Waals surface area contributed by atoms with Crippen molar-refractivity contribution in [1.29, 1.82) is 5.26 Å². The van der Waals surface area contributed by atoms with E-state index in [0.29, 0.717) is 16.8 Å². The van der Waals surface area contributed by atoms with Gasteiger partial charge in [0.2, 0.25) is 0 Å². The van der Waals surface area contributed by atoms with E-state index in [2.05, 4.69) is 16.7 Å². The second-order valence-corrected chi connectivity index (χ2v) is 13.1. The van der Waals surface area contributed by atoms with Crippen LogP contribution in [0.4, 0.5) is 31.0 Å². The van der Waals surface area contributed by atoms with Gasteiger partial charge in [0.05, 0.1) is 34.4 Å². The number of hydrogen-bond donors (Lipinski definition) is 2. The lowest BCUT2D eigenvalue weighted by Gasteiger charge is -2.28. The van der Waals surface area contributed by atoms with Crippen LogP contribution < -0.4 is 15.5 Å². The van der Waals surface area contributed by atoms with Crippen LogP contribution in [0.3, 0.4) is 0 Å². The third kappa shape index (κ3) is 5.66. The first-order chi connectivity index (χ1) is 19.8. The number of amides is 5. The van der Waals surface area contributed by atoms with Crippen LogP contribution >= 0.6 is 10.7 Å². The summed E-state index contributed by atoms with van der Waals surface area (Å²) >= 11 is 0. The molecule has 0 atom stereocenters. The van der Waals surface area contributed by atoms with Crippen molar-refractivity contribution in [2.75, 3.05) is 15.5 Å². The highest BCUT2D eigenvalue weighted by molar-refractivity contribution is 8.13. The maximum Gasteiger partial charge on any atom is 0.332 e. The number of benzene rings is 3. The summed E-state index contributed by atoms with van der Waals surface area (Å²) in [6.07, 6.45) is 1.87. The van der Waals surface area contributed by atoms with E-state index in [0.717, 1.165) is 29.4 Å². The van der Waals surface area contributed by atoms with Gasteiger partial charge in [0.25, 0.3) is 15.0 Å². The molecule has 1 aliphatic heterocycles. The molecule has 1 saturated heterocycles. The van der Waals surface area contributed by atoms with Crippen LogP contribution in [0, 0.1) is 17.1 Å². The number of carbonyl (C=O) groups excluding carboxylic acids is 3. The van der Waals surface area contributed by atoms with E-state index in [-0.39, 0.29) is 28.7 Å². The van der Waals surface area contributed by atoms with Crippen molar-refractivity contribution in [3.63, 3.8) is 0 Å². The lowest BCUT2D eigenvalue weighted by molar-refractivity contribution is -0.123. The van der Waals surface area contributed by atoms with Gasteiger partial charge in [0, 0.05) is 16.4 Å². The fourth-order valence-corrected chi connectivity index (χ4v) is 5.58. The van der Waals surface area contributed by atoms with Crippen molar-refractivity contribution >= 4 is 54.8 Å². The molecule has 0 unspecified atom stereocenters. The largest absolute Gasteiger partial charge is 0.332 e. The topological polar surface area (TPSA) is 140 Å². The van der Waals surface area contributed by atoms with Crippen LogP contribution in [-0.4, -0.2) is 36.8 Å². The number of urea groups is 2. The molecule has 0 spiro atoms. The Morgan fingerprint density at radius 2 is 1.76 bits per heavy atom. The molecule has 13 heteroatoms. The minimum atomic E-state index is -3.94. The lowest BCUT2D eigenvalue weighted by Crippen LogP contribution is -2.43. The zero-order chi connectivity index (χ0) is 30.4. The molecule has 1 saturated carbocycles. The van der Waals surface area contributed by atoms with Crippen molar-refractivity contribution in [3.8, 4) is 6.07 Å². The Labute approximate surface area is 246 Å². The summed E-state index contributed by atoms with van der Waals surface area (Å²) in [6.45, 7) is 3.08. The number of hydrogen-bond acceptors (Lipinski definition) is 6. The van der Waals surface area contributed by atoms with Gasteiger partial charge in [0.15, 0.2) is 0 Å². The van der Waals surface area contributed by atoms with E-state index in [1.807, 2.05) is 0 Å². The molecule has 3 aromatic carbocycles. The minimum absolute atomic E-state index is 0.0661. The molecule has 0 radical (unpaired) electrons. The lowest BCUT2D eigenvalue weighted by atomic mass is 10.0. The van der Waals surface area contributed by atoms with Gasteiger partial charge >= 0.3 is 12.1 Å². The molecule has 0 aromatic heterocycles. The molecule has 1 heterocycles. The van der Waals surface area contributed by atoms with E-state index < -0.39 is 38.4 Å². The molecule has 0 bridgehead atoms. The summed E-state index contributed by atoms with van der Waals surface area (Å²) in [5.74, 6) is -0.877. The van der Waals surface area contributed by atoms with Gasteiger partial charge in [-0.3, -0.25) is 4.79 Å². The fraction of sp³-hybridized carbons (Fsp3) is 0.241. The summed E-state index contributed by atoms with van der Waals surface area (Å²) in [4.78, 5) is 42.2. The first-order valence-electron chi connectivity index (χ1n) is 12.9. The third-order valence-corrected chi connectivity index (χ3v) is 8.67. The zero-order valence-corrected chi connectivity index (χ0v) is 24.1. The number of nitriles is 1. The van der Waals surface area contributed by atoms with Crippen LogP contribution in [0.2, 0.25) is 0 Å². The number of halogens is 2. The maximum absolute atomic E-state index is 14.2. The first-order valence-corrected chi connectivity index (χ1v) is 15.2. The standard InChI is InChI=1S/C29H25ClFN5O5S/c1-29(2)26(37)36(22-10-6-18(15-32)24(14-22)17-3-4-17)28(39)35(29)16-19-5-7-20(31)13-25(19)34-27(38)33-21-8-11-23(12-9-21)42(30,40)41/h5-14,17H,3-4,16H2,1-2H3,(H2,33,34,38). The molecule has 2 aliphatic rings. The van der Waals surface area contributed by atoms with Crippen LogP contribution in [0.25, 0.3) is 0 Å². The van der Waals surface area contributed by atoms with Gasteiger partial charge in [-0.05, 0) is 98.3 Å². The molecule has 10 nitrogen and oxygen atoms in total. The van der Waals surface area contributed by atoms with Crippen LogP contribution in [-0.2, 0) is 20.4 Å². The summed E-state index contributed by atoms with van der Waals surface area (Å²) in [5.41, 5.74) is 1.09. The number of carbonyl (C=O) groups is 3. The quantitative estimate of drug-likeness (QED) is 0.253. The van der Waals surface area contributed by atoms with Crippen molar-refractivity contribution in [3.05, 3.63) is 83.2 Å². The molecule has 5 rings (SSSR count). The Balaban J connectivity index is 1.37. The zero-order valence-electron chi connectivity index (χ0n) is 22.5. The molecule has 216 valence electrons. The van der Waals surface area contributed by atoms with Gasteiger partial charge in [0.1, 0.15) is 11.4 Å². The van der Waals surface area contributed by atoms with Crippen LogP contribution in [0.15, 0.2) is 65.6 Å². The number of nitrogens with zero attached hydrogens (tertiary/aromatic N) is 3. The third-order valence-electron chi connectivity index (χ3n) is 7.30. The Bertz CT molecular complexity index is 1770. The van der Waals surface area contributed by atoms with Crippen molar-refractivity contribution in [2.24, 2.45) is 0 Å². The molecule has 3 aromatic rings. The van der Waals surface area contributed by atoms with E-state index in [4.69, 9.17) is 10.7 Å². The highest BCUT2D eigenvalue weighted by Crippen LogP contribution is 2.44. The van der Waals surface area contributed by atoms with Gasteiger partial charge < -0.3 is 15.5 Å². The molecule has 2 N–H and O–H groups in total. The van der Waals surface area contributed by atoms with E-state index in [1.54, 1.807) is 32.0 Å². The number of anilines is 3. The molecule has 5 amide bonds. The second-order valence-electron chi connectivity index (χ2n) is 10.6. The highest BCUT2D eigenvalue weighted by atomic mass is 35.7. The first kappa shape index (κ1) is 29.0. The number of rotatable bonds is 7. The van der Waals surface area contributed by atoms with Crippen molar-refractivity contribution < 1.29 is 27.2 Å².